The number of pyridine rings is 1. The fraction of sp³-hybridized carbons (Fsp3) is 0.667. The van der Waals surface area contributed by atoms with Crippen molar-refractivity contribution in [2.75, 3.05) is 0 Å². The third-order valence-electron chi connectivity index (χ3n) is 6.67. The van der Waals surface area contributed by atoms with E-state index in [0.29, 0.717) is 11.8 Å². The van der Waals surface area contributed by atoms with Crippen LogP contribution in [0.25, 0.3) is 11.2 Å². The minimum Gasteiger partial charge on any atom is -0.354 e. The number of carbonyl (C=O) groups excluding carboxylic acids is 1. The first kappa shape index (κ1) is 17.5. The number of hydrogen-bond acceptors (Lipinski definition) is 3. The average molecular weight is 354 g/mol. The predicted octanol–water partition coefficient (Wildman–Crippen LogP) is 3.65. The second-order valence-corrected chi connectivity index (χ2v) is 8.80. The van der Waals surface area contributed by atoms with Gasteiger partial charge in [0.05, 0.1) is 6.33 Å². The maximum Gasteiger partial charge on any atom is 0.223 e. The van der Waals surface area contributed by atoms with Gasteiger partial charge in [0.2, 0.25) is 5.91 Å². The number of nitrogens with one attached hydrogen (secondary N) is 1. The zero-order valence-electron chi connectivity index (χ0n) is 16.3. The Bertz CT molecular complexity index is 797. The first-order valence-electron chi connectivity index (χ1n) is 10.00. The van der Waals surface area contributed by atoms with E-state index in [1.165, 1.54) is 31.2 Å². The van der Waals surface area contributed by atoms with Gasteiger partial charge in [0, 0.05) is 25.2 Å². The lowest BCUT2D eigenvalue weighted by Crippen LogP contribution is -2.37. The van der Waals surface area contributed by atoms with Gasteiger partial charge in [-0.15, -0.1) is 0 Å². The van der Waals surface area contributed by atoms with Crippen LogP contribution in [0.1, 0.15) is 57.9 Å². The first-order chi connectivity index (χ1) is 12.4. The third-order valence-corrected chi connectivity index (χ3v) is 6.67. The van der Waals surface area contributed by atoms with E-state index in [1.54, 1.807) is 0 Å². The molecule has 2 aromatic rings. The molecule has 4 rings (SSSR count). The van der Waals surface area contributed by atoms with E-state index < -0.39 is 0 Å². The van der Waals surface area contributed by atoms with Gasteiger partial charge < -0.3 is 9.88 Å². The third kappa shape index (κ3) is 3.01. The normalized spacial score (nSPS) is 29.3. The van der Waals surface area contributed by atoms with E-state index in [0.717, 1.165) is 23.0 Å². The lowest BCUT2D eigenvalue weighted by atomic mass is 9.86. The second-order valence-electron chi connectivity index (χ2n) is 8.80. The maximum absolute atomic E-state index is 12.4. The summed E-state index contributed by atoms with van der Waals surface area (Å²) in [7, 11) is 2.00. The zero-order valence-corrected chi connectivity index (χ0v) is 16.3. The Labute approximate surface area is 155 Å². The van der Waals surface area contributed by atoms with E-state index in [4.69, 9.17) is 0 Å². The van der Waals surface area contributed by atoms with Gasteiger partial charge in [-0.3, -0.25) is 4.79 Å². The van der Waals surface area contributed by atoms with Crippen LogP contribution in [0, 0.1) is 23.7 Å². The fourth-order valence-corrected chi connectivity index (χ4v) is 5.33. The Kier molecular flexibility index (Phi) is 4.49. The summed E-state index contributed by atoms with van der Waals surface area (Å²) in [6.07, 6.45) is 8.65. The summed E-state index contributed by atoms with van der Waals surface area (Å²) in [6.45, 7) is 6.18. The second kappa shape index (κ2) is 6.67. The number of rotatable bonds is 4. The molecule has 2 aromatic heterocycles. The molecule has 2 aliphatic carbocycles. The highest BCUT2D eigenvalue weighted by Crippen LogP contribution is 2.54. The minimum atomic E-state index is 0.130. The van der Waals surface area contributed by atoms with Crippen LogP contribution in [0.5, 0.6) is 0 Å². The van der Waals surface area contributed by atoms with Crippen molar-refractivity contribution in [2.45, 2.75) is 58.4 Å². The lowest BCUT2D eigenvalue weighted by Gasteiger charge is -2.22. The van der Waals surface area contributed by atoms with Gasteiger partial charge in [-0.1, -0.05) is 6.92 Å². The predicted molar refractivity (Wildman–Crippen MR) is 103 cm³/mol. The molecule has 2 heterocycles. The van der Waals surface area contributed by atoms with Crippen LogP contribution in [0.4, 0.5) is 0 Å². The van der Waals surface area contributed by atoms with E-state index >= 15 is 0 Å². The average Bonchev–Trinajstić information content (AvgIpc) is 3.26. The molecule has 0 spiro atoms. The van der Waals surface area contributed by atoms with Crippen LogP contribution in [-0.4, -0.2) is 26.5 Å². The molecule has 1 N–H and O–H groups in total. The number of hydrogen-bond donors (Lipinski definition) is 1. The molecule has 0 aliphatic heterocycles. The van der Waals surface area contributed by atoms with Crippen LogP contribution in [-0.2, 0) is 11.8 Å². The Hall–Kier alpha value is -1.91. The van der Waals surface area contributed by atoms with E-state index in [-0.39, 0.29) is 17.9 Å². The van der Waals surface area contributed by atoms with Gasteiger partial charge in [0.25, 0.3) is 0 Å². The van der Waals surface area contributed by atoms with Crippen LogP contribution in [0.2, 0.25) is 0 Å². The summed E-state index contributed by atoms with van der Waals surface area (Å²) in [5.41, 5.74) is 3.42. The number of nitrogens with zero attached hydrogens (tertiary/aromatic N) is 3. The molecule has 0 aromatic carbocycles. The number of carbonyl (C=O) groups is 1. The van der Waals surface area contributed by atoms with E-state index in [1.807, 2.05) is 38.0 Å². The summed E-state index contributed by atoms with van der Waals surface area (Å²) < 4.78 is 2.00. The largest absolute Gasteiger partial charge is 0.354 e. The molecule has 5 nitrogen and oxygen atoms in total. The van der Waals surface area contributed by atoms with Crippen molar-refractivity contribution < 1.29 is 4.79 Å². The van der Waals surface area contributed by atoms with Gasteiger partial charge in [-0.05, 0) is 74.8 Å². The maximum atomic E-state index is 12.4. The van der Waals surface area contributed by atoms with Gasteiger partial charge in [-0.25, -0.2) is 9.97 Å². The molecule has 4 unspecified atom stereocenters. The Morgan fingerprint density at radius 1 is 1.15 bits per heavy atom. The molecule has 140 valence electrons. The summed E-state index contributed by atoms with van der Waals surface area (Å²) in [5, 5.41) is 3.09. The van der Waals surface area contributed by atoms with Gasteiger partial charge in [0.1, 0.15) is 5.52 Å². The number of amides is 1. The van der Waals surface area contributed by atoms with Crippen molar-refractivity contribution in [3.05, 3.63) is 24.2 Å². The molecule has 2 saturated carbocycles. The SMILES string of the molecule is CC(C)NC(=O)C(C)C1CC2CC(c3ccnc4c3ncn4C)C[C@@H]2C1. The monoisotopic (exact) mass is 354 g/mol. The molecule has 1 amide bonds. The molecule has 26 heavy (non-hydrogen) atoms. The Morgan fingerprint density at radius 2 is 1.85 bits per heavy atom. The number of fused-ring (bicyclic) bond motifs is 2. The molecule has 2 fully saturated rings. The first-order valence-corrected chi connectivity index (χ1v) is 10.00. The van der Waals surface area contributed by atoms with Crippen molar-refractivity contribution in [3.8, 4) is 0 Å². The summed E-state index contributed by atoms with van der Waals surface area (Å²) in [6, 6.07) is 2.39. The molecule has 5 atom stereocenters. The molecule has 5 heteroatoms. The molecular formula is C21H30N4O. The van der Waals surface area contributed by atoms with Crippen LogP contribution >= 0.6 is 0 Å². The number of imidazole rings is 1. The van der Waals surface area contributed by atoms with Crippen molar-refractivity contribution in [2.24, 2.45) is 30.7 Å². The summed E-state index contributed by atoms with van der Waals surface area (Å²) in [4.78, 5) is 21.4. The minimum absolute atomic E-state index is 0.130. The molecule has 0 bridgehead atoms. The van der Waals surface area contributed by atoms with Crippen molar-refractivity contribution in [1.29, 1.82) is 0 Å². The highest BCUT2D eigenvalue weighted by atomic mass is 16.1. The van der Waals surface area contributed by atoms with Gasteiger partial charge >= 0.3 is 0 Å². The van der Waals surface area contributed by atoms with Crippen LogP contribution in [0.3, 0.4) is 0 Å². The van der Waals surface area contributed by atoms with Crippen molar-refractivity contribution >= 4 is 17.1 Å². The highest BCUT2D eigenvalue weighted by molar-refractivity contribution is 5.79. The fourth-order valence-electron chi connectivity index (χ4n) is 5.33. The molecule has 0 radical (unpaired) electrons. The Balaban J connectivity index is 1.44. The summed E-state index contributed by atoms with van der Waals surface area (Å²) >= 11 is 0. The van der Waals surface area contributed by atoms with Crippen LogP contribution in [0.15, 0.2) is 18.6 Å². The Morgan fingerprint density at radius 3 is 2.50 bits per heavy atom. The smallest absolute Gasteiger partial charge is 0.223 e. The topological polar surface area (TPSA) is 59.8 Å². The highest BCUT2D eigenvalue weighted by Gasteiger charge is 2.44. The van der Waals surface area contributed by atoms with Crippen LogP contribution < -0.4 is 5.32 Å². The standard InChI is InChI=1S/C21H30N4O/c1-12(2)24-21(26)13(3)14-7-15-9-17(10-16(15)8-14)18-5-6-22-20-19(18)23-11-25(20)4/h5-6,11-17H,7-10H2,1-4H3,(H,24,26)/t13?,14?,15-,16?,17?/m0/s1. The summed E-state index contributed by atoms with van der Waals surface area (Å²) in [5.74, 6) is 3.00. The molecular weight excluding hydrogens is 324 g/mol. The molecule has 0 saturated heterocycles. The lowest BCUT2D eigenvalue weighted by molar-refractivity contribution is -0.126. The quantitative estimate of drug-likeness (QED) is 0.912. The van der Waals surface area contributed by atoms with E-state index in [2.05, 4.69) is 28.3 Å². The molecule has 2 aliphatic rings. The number of aryl methyl sites for hydroxylation is 1. The zero-order chi connectivity index (χ0) is 18.4. The van der Waals surface area contributed by atoms with Gasteiger partial charge in [-0.2, -0.15) is 0 Å². The van der Waals surface area contributed by atoms with Gasteiger partial charge in [0.15, 0.2) is 5.65 Å². The van der Waals surface area contributed by atoms with Crippen molar-refractivity contribution in [1.82, 2.24) is 19.9 Å². The number of aromatic nitrogens is 3. The van der Waals surface area contributed by atoms with Crippen molar-refractivity contribution in [3.63, 3.8) is 0 Å². The van der Waals surface area contributed by atoms with E-state index in [9.17, 15) is 4.79 Å².